The molecule has 3 amide bonds. The van der Waals surface area contributed by atoms with E-state index in [1.54, 1.807) is 24.0 Å². The summed E-state index contributed by atoms with van der Waals surface area (Å²) in [6.45, 7) is 8.01. The van der Waals surface area contributed by atoms with E-state index in [0.717, 1.165) is 46.7 Å². The molecule has 2 saturated heterocycles. The molecule has 0 bridgehead atoms. The third-order valence-electron chi connectivity index (χ3n) is 12.2. The van der Waals surface area contributed by atoms with E-state index in [-0.39, 0.29) is 55.3 Å². The first-order chi connectivity index (χ1) is 27.0. The van der Waals surface area contributed by atoms with Crippen LogP contribution in [0.25, 0.3) is 0 Å². The van der Waals surface area contributed by atoms with Gasteiger partial charge in [0.05, 0.1) is 53.7 Å². The van der Waals surface area contributed by atoms with Gasteiger partial charge in [-0.2, -0.15) is 0 Å². The number of piperidine rings is 1. The lowest BCUT2D eigenvalue weighted by molar-refractivity contribution is -0.150. The molecule has 3 heterocycles. The van der Waals surface area contributed by atoms with Gasteiger partial charge in [-0.25, -0.2) is 0 Å². The first-order valence-corrected chi connectivity index (χ1v) is 22.7. The second kappa shape index (κ2) is 16.2. The summed E-state index contributed by atoms with van der Waals surface area (Å²) in [4.78, 5) is 48.0. The Morgan fingerprint density at radius 1 is 0.911 bits per heavy atom. The predicted octanol–water partition coefficient (Wildman–Crippen LogP) is 6.39. The van der Waals surface area contributed by atoms with Crippen LogP contribution in [-0.4, -0.2) is 75.8 Å². The van der Waals surface area contributed by atoms with Crippen molar-refractivity contribution >= 4 is 42.4 Å². The van der Waals surface area contributed by atoms with Crippen molar-refractivity contribution in [3.63, 3.8) is 0 Å². The van der Waals surface area contributed by atoms with Crippen LogP contribution in [0.1, 0.15) is 49.3 Å². The molecular weight excluding hydrogens is 723 g/mol. The molecule has 7 rings (SSSR count). The van der Waals surface area contributed by atoms with Gasteiger partial charge in [0.2, 0.25) is 11.8 Å². The third-order valence-corrected chi connectivity index (χ3v) is 16.6. The van der Waals surface area contributed by atoms with Crippen LogP contribution in [0.3, 0.4) is 0 Å². The highest BCUT2D eigenvalue weighted by Gasteiger charge is 2.66. The third kappa shape index (κ3) is 7.23. The van der Waals surface area contributed by atoms with Gasteiger partial charge in [-0.05, 0) is 72.0 Å². The highest BCUT2D eigenvalue weighted by Crippen LogP contribution is 2.60. The van der Waals surface area contributed by atoms with E-state index >= 15 is 4.79 Å². The van der Waals surface area contributed by atoms with Crippen molar-refractivity contribution in [2.24, 2.45) is 5.92 Å². The number of aliphatic hydroxyl groups excluding tert-OH is 1. The Morgan fingerprint density at radius 2 is 1.62 bits per heavy atom. The summed E-state index contributed by atoms with van der Waals surface area (Å²) in [5.41, 5.74) is 2.61. The Bertz CT molecular complexity index is 2060. The van der Waals surface area contributed by atoms with Gasteiger partial charge in [-0.1, -0.05) is 79.8 Å². The number of carbonyl (C=O) groups is 3. The summed E-state index contributed by atoms with van der Waals surface area (Å²) in [6, 6.07) is 31.5. The van der Waals surface area contributed by atoms with Crippen LogP contribution in [0, 0.1) is 5.92 Å². The van der Waals surface area contributed by atoms with Crippen LogP contribution in [0.4, 0.5) is 11.4 Å². The van der Waals surface area contributed by atoms with Gasteiger partial charge in [-0.15, -0.1) is 0 Å². The fraction of sp³-hybridized carbons (Fsp3) is 0.400. The highest BCUT2D eigenvalue weighted by molar-refractivity contribution is 6.91. The Balaban J connectivity index is 1.29. The molecule has 1 spiro atoms. The first kappa shape index (κ1) is 39.3. The summed E-state index contributed by atoms with van der Waals surface area (Å²) < 4.78 is 18.5. The number of anilines is 2. The number of hydrogen-bond donors (Lipinski definition) is 1. The molecule has 294 valence electrons. The van der Waals surface area contributed by atoms with E-state index in [1.807, 2.05) is 89.8 Å². The number of carbonyl (C=O) groups excluding carboxylic acids is 3. The molecule has 2 fully saturated rings. The number of benzene rings is 4. The molecule has 4 aromatic rings. The number of methoxy groups -OCH3 is 2. The van der Waals surface area contributed by atoms with E-state index < -0.39 is 19.8 Å². The van der Waals surface area contributed by atoms with Gasteiger partial charge < -0.3 is 34.0 Å². The Hall–Kier alpha value is -4.97. The summed E-state index contributed by atoms with van der Waals surface area (Å²) in [5.74, 6) is 0.841. The van der Waals surface area contributed by atoms with Crippen molar-refractivity contribution < 1.29 is 33.7 Å². The standard InChI is InChI=1S/C45H53N3O7Si/c1-31-43(56(4,5)37-20-17-35(53-2)18-21-37)40(28-42(51)46(24-25-49)29-32-12-7-6-8-13-32)55-45(31)38-27-36(54-3)19-22-39(38)48(44(45)52)30-33-14-11-15-34(26-33)47-23-10-9-16-41(47)50/h6-8,11-15,17-22,26-27,31,40,43,49H,9-10,16,23-25,28-30H2,1-5H3/t31-,40+,43-,45+/m0/s1. The second-order valence-corrected chi connectivity index (χ2v) is 20.5. The SMILES string of the molecule is COc1ccc([Si](C)(C)[C@@H]2[C@@H](CC(=O)N(CCO)Cc3ccccc3)O[C@]3(C(=O)N(Cc4cccc(N5CCCCC5=O)c4)c4ccc(OC)cc43)[C@H]2C)cc1. The average Bonchev–Trinajstić information content (AvgIpc) is 3.63. The zero-order valence-electron chi connectivity index (χ0n) is 33.1. The summed E-state index contributed by atoms with van der Waals surface area (Å²) in [5, 5.41) is 11.2. The number of rotatable bonds is 13. The van der Waals surface area contributed by atoms with Crippen LogP contribution in [0.5, 0.6) is 11.5 Å². The second-order valence-electron chi connectivity index (χ2n) is 15.8. The fourth-order valence-electron chi connectivity index (χ4n) is 9.38. The maximum Gasteiger partial charge on any atom is 0.264 e. The molecule has 4 aromatic carbocycles. The van der Waals surface area contributed by atoms with Crippen LogP contribution in [0.2, 0.25) is 18.6 Å². The summed E-state index contributed by atoms with van der Waals surface area (Å²) in [7, 11) is 0.723. The van der Waals surface area contributed by atoms with Crippen molar-refractivity contribution in [3.8, 4) is 11.5 Å². The van der Waals surface area contributed by atoms with Crippen molar-refractivity contribution in [3.05, 3.63) is 114 Å². The highest BCUT2D eigenvalue weighted by atomic mass is 28.3. The monoisotopic (exact) mass is 775 g/mol. The number of fused-ring (bicyclic) bond motifs is 2. The van der Waals surface area contributed by atoms with Crippen molar-refractivity contribution in [2.75, 3.05) is 43.7 Å². The van der Waals surface area contributed by atoms with Gasteiger partial charge in [0.1, 0.15) is 11.5 Å². The normalized spacial score (nSPS) is 22.1. The van der Waals surface area contributed by atoms with Crippen LogP contribution in [-0.2, 0) is 37.8 Å². The zero-order valence-corrected chi connectivity index (χ0v) is 34.1. The zero-order chi connectivity index (χ0) is 39.6. The molecule has 4 atom stereocenters. The maximum absolute atomic E-state index is 15.4. The molecule has 1 N–H and O–H groups in total. The Morgan fingerprint density at radius 3 is 2.32 bits per heavy atom. The van der Waals surface area contributed by atoms with E-state index in [4.69, 9.17) is 14.2 Å². The molecule has 0 aliphatic carbocycles. The van der Waals surface area contributed by atoms with Crippen molar-refractivity contribution in [1.29, 1.82) is 0 Å². The molecule has 10 nitrogen and oxygen atoms in total. The Labute approximate surface area is 331 Å². The molecule has 11 heteroatoms. The number of aliphatic hydroxyl groups is 1. The Kier molecular flexibility index (Phi) is 11.4. The lowest BCUT2D eigenvalue weighted by atomic mass is 9.82. The predicted molar refractivity (Wildman–Crippen MR) is 220 cm³/mol. The van der Waals surface area contributed by atoms with Gasteiger partial charge in [0.15, 0.2) is 5.60 Å². The molecule has 0 aromatic heterocycles. The van der Waals surface area contributed by atoms with E-state index in [1.165, 1.54) is 5.19 Å². The summed E-state index contributed by atoms with van der Waals surface area (Å²) in [6.07, 6.45) is 1.84. The number of nitrogens with zero attached hydrogens (tertiary/aromatic N) is 3. The smallest absolute Gasteiger partial charge is 0.264 e. The largest absolute Gasteiger partial charge is 0.497 e. The molecule has 0 unspecified atom stereocenters. The molecule has 56 heavy (non-hydrogen) atoms. The molecular formula is C45H53N3O7Si. The van der Waals surface area contributed by atoms with E-state index in [2.05, 4.69) is 32.2 Å². The van der Waals surface area contributed by atoms with Gasteiger partial charge in [0.25, 0.3) is 5.91 Å². The molecule has 0 radical (unpaired) electrons. The van der Waals surface area contributed by atoms with Crippen molar-refractivity contribution in [1.82, 2.24) is 4.90 Å². The lowest BCUT2D eigenvalue weighted by Gasteiger charge is -2.37. The number of ether oxygens (including phenoxy) is 3. The maximum atomic E-state index is 15.4. The van der Waals surface area contributed by atoms with Gasteiger partial charge in [-0.3, -0.25) is 14.4 Å². The number of amides is 3. The van der Waals surface area contributed by atoms with Crippen LogP contribution >= 0.6 is 0 Å². The molecule has 3 aliphatic rings. The van der Waals surface area contributed by atoms with E-state index in [9.17, 15) is 14.7 Å². The minimum absolute atomic E-state index is 0.0503. The first-order valence-electron chi connectivity index (χ1n) is 19.7. The van der Waals surface area contributed by atoms with Crippen molar-refractivity contribution in [2.45, 2.75) is 76.0 Å². The lowest BCUT2D eigenvalue weighted by Crippen LogP contribution is -2.52. The fourth-order valence-corrected chi connectivity index (χ4v) is 13.4. The number of hydrogen-bond acceptors (Lipinski definition) is 7. The van der Waals surface area contributed by atoms with Gasteiger partial charge in [0, 0.05) is 43.2 Å². The average molecular weight is 776 g/mol. The molecule has 0 saturated carbocycles. The van der Waals surface area contributed by atoms with Crippen LogP contribution < -0.4 is 24.5 Å². The summed E-state index contributed by atoms with van der Waals surface area (Å²) >= 11 is 0. The quantitative estimate of drug-likeness (QED) is 0.157. The molecule has 3 aliphatic heterocycles. The van der Waals surface area contributed by atoms with Gasteiger partial charge >= 0.3 is 0 Å². The van der Waals surface area contributed by atoms with E-state index in [0.29, 0.717) is 25.3 Å². The minimum atomic E-state index is -2.54. The van der Waals surface area contributed by atoms with Crippen LogP contribution in [0.15, 0.2) is 97.1 Å². The minimum Gasteiger partial charge on any atom is -0.497 e. The topological polar surface area (TPSA) is 109 Å².